The van der Waals surface area contributed by atoms with Gasteiger partial charge in [0.25, 0.3) is 0 Å². The van der Waals surface area contributed by atoms with Crippen LogP contribution in [0.5, 0.6) is 0 Å². The zero-order valence-corrected chi connectivity index (χ0v) is 8.55. The number of hydrogen-bond donors (Lipinski definition) is 1. The third-order valence-corrected chi connectivity index (χ3v) is 2.80. The van der Waals surface area contributed by atoms with Gasteiger partial charge in [0.05, 0.1) is 13.2 Å². The Kier molecular flexibility index (Phi) is 4.70. The lowest BCUT2D eigenvalue weighted by molar-refractivity contribution is -0.121. The predicted molar refractivity (Wildman–Crippen MR) is 52.7 cm³/mol. The van der Waals surface area contributed by atoms with Gasteiger partial charge in [0, 0.05) is 19.1 Å². The van der Waals surface area contributed by atoms with Crippen LogP contribution in [0.1, 0.15) is 25.7 Å². The minimum atomic E-state index is 0.419. The topological polar surface area (TPSA) is 44.5 Å². The molecule has 0 bridgehead atoms. The highest BCUT2D eigenvalue weighted by molar-refractivity contribution is 4.85. The molecule has 0 aromatic carbocycles. The van der Waals surface area contributed by atoms with E-state index >= 15 is 0 Å². The molecule has 0 radical (unpaired) electrons. The Bertz CT molecular complexity index is 135. The van der Waals surface area contributed by atoms with Crippen molar-refractivity contribution in [3.05, 3.63) is 0 Å². The summed E-state index contributed by atoms with van der Waals surface area (Å²) >= 11 is 0. The summed E-state index contributed by atoms with van der Waals surface area (Å²) in [6.45, 7) is 3.49. The molecule has 2 N–H and O–H groups in total. The Morgan fingerprint density at radius 1 is 1.31 bits per heavy atom. The monoisotopic (exact) mass is 187 g/mol. The Hall–Kier alpha value is -0.120. The van der Waals surface area contributed by atoms with Crippen LogP contribution < -0.4 is 5.73 Å². The van der Waals surface area contributed by atoms with E-state index in [2.05, 4.69) is 0 Å². The molecule has 0 aromatic heterocycles. The molecule has 0 atom stereocenters. The minimum Gasteiger partial charge on any atom is -0.385 e. The van der Waals surface area contributed by atoms with Crippen LogP contribution in [0.2, 0.25) is 0 Å². The molecular weight excluding hydrogens is 166 g/mol. The minimum absolute atomic E-state index is 0.419. The molecule has 78 valence electrons. The zero-order valence-electron chi connectivity index (χ0n) is 8.55. The highest BCUT2D eigenvalue weighted by Gasteiger charge is 2.36. The third kappa shape index (κ3) is 3.25. The summed E-state index contributed by atoms with van der Waals surface area (Å²) in [6, 6.07) is 0. The van der Waals surface area contributed by atoms with E-state index in [0.29, 0.717) is 5.41 Å². The smallest absolute Gasteiger partial charge is 0.0545 e. The van der Waals surface area contributed by atoms with E-state index in [9.17, 15) is 0 Å². The first-order valence-corrected chi connectivity index (χ1v) is 5.10. The Balaban J connectivity index is 2.09. The largest absolute Gasteiger partial charge is 0.385 e. The lowest BCUT2D eigenvalue weighted by atomic mass is 9.78. The number of methoxy groups -OCH3 is 1. The maximum absolute atomic E-state index is 5.57. The molecular formula is C10H21NO2. The molecule has 0 spiro atoms. The second kappa shape index (κ2) is 5.58. The average molecular weight is 187 g/mol. The number of hydrogen-bond acceptors (Lipinski definition) is 3. The quantitative estimate of drug-likeness (QED) is 0.608. The molecule has 1 saturated heterocycles. The Morgan fingerprint density at radius 3 is 2.54 bits per heavy atom. The molecule has 3 nitrogen and oxygen atoms in total. The van der Waals surface area contributed by atoms with Gasteiger partial charge in [-0.1, -0.05) is 6.42 Å². The first-order valence-electron chi connectivity index (χ1n) is 5.10. The van der Waals surface area contributed by atoms with Crippen LogP contribution in [-0.2, 0) is 9.47 Å². The van der Waals surface area contributed by atoms with Crippen molar-refractivity contribution in [2.24, 2.45) is 11.1 Å². The summed E-state index contributed by atoms with van der Waals surface area (Å²) in [5.74, 6) is 0. The van der Waals surface area contributed by atoms with Crippen LogP contribution in [0.15, 0.2) is 0 Å². The van der Waals surface area contributed by atoms with Gasteiger partial charge in [-0.05, 0) is 25.8 Å². The molecule has 0 saturated carbocycles. The molecule has 1 heterocycles. The predicted octanol–water partition coefficient (Wildman–Crippen LogP) is 1.17. The third-order valence-electron chi connectivity index (χ3n) is 2.80. The van der Waals surface area contributed by atoms with Crippen molar-refractivity contribution in [1.82, 2.24) is 0 Å². The highest BCUT2D eigenvalue weighted by atomic mass is 16.5. The van der Waals surface area contributed by atoms with Gasteiger partial charge < -0.3 is 15.2 Å². The summed E-state index contributed by atoms with van der Waals surface area (Å²) in [4.78, 5) is 0. The fraction of sp³-hybridized carbons (Fsp3) is 1.00. The van der Waals surface area contributed by atoms with Crippen LogP contribution in [-0.4, -0.2) is 33.5 Å². The lowest BCUT2D eigenvalue weighted by Crippen LogP contribution is -2.43. The van der Waals surface area contributed by atoms with E-state index in [-0.39, 0.29) is 0 Å². The van der Waals surface area contributed by atoms with Gasteiger partial charge in [0.1, 0.15) is 0 Å². The van der Waals surface area contributed by atoms with E-state index in [1.807, 2.05) is 0 Å². The summed E-state index contributed by atoms with van der Waals surface area (Å²) in [5, 5.41) is 0. The molecule has 3 heteroatoms. The second-order valence-electron chi connectivity index (χ2n) is 3.98. The first-order chi connectivity index (χ1) is 6.33. The molecule has 0 unspecified atom stereocenters. The van der Waals surface area contributed by atoms with Gasteiger partial charge in [0.2, 0.25) is 0 Å². The number of rotatable bonds is 7. The normalized spacial score (nSPS) is 19.8. The SMILES string of the molecule is COCCCCC1(CCN)COC1. The van der Waals surface area contributed by atoms with Crippen molar-refractivity contribution in [3.8, 4) is 0 Å². The van der Waals surface area contributed by atoms with Crippen LogP contribution in [0.4, 0.5) is 0 Å². The summed E-state index contributed by atoms with van der Waals surface area (Å²) < 4.78 is 10.3. The maximum atomic E-state index is 5.57. The van der Waals surface area contributed by atoms with E-state index in [4.69, 9.17) is 15.2 Å². The van der Waals surface area contributed by atoms with E-state index in [1.54, 1.807) is 7.11 Å². The zero-order chi connectivity index (χ0) is 9.57. The van der Waals surface area contributed by atoms with Crippen molar-refractivity contribution in [3.63, 3.8) is 0 Å². The summed E-state index contributed by atoms with van der Waals surface area (Å²) in [5.41, 5.74) is 5.99. The number of ether oxygens (including phenoxy) is 2. The number of nitrogens with two attached hydrogens (primary N) is 1. The highest BCUT2D eigenvalue weighted by Crippen LogP contribution is 2.36. The standard InChI is InChI=1S/C10H21NO2/c1-12-7-3-2-4-10(5-6-11)8-13-9-10/h2-9,11H2,1H3. The molecule has 1 aliphatic heterocycles. The van der Waals surface area contributed by atoms with Crippen LogP contribution in [0.3, 0.4) is 0 Å². The van der Waals surface area contributed by atoms with Gasteiger partial charge in [-0.15, -0.1) is 0 Å². The Morgan fingerprint density at radius 2 is 2.08 bits per heavy atom. The van der Waals surface area contributed by atoms with Gasteiger partial charge in [0.15, 0.2) is 0 Å². The first kappa shape index (κ1) is 11.0. The van der Waals surface area contributed by atoms with Gasteiger partial charge >= 0.3 is 0 Å². The molecule has 0 aliphatic carbocycles. The fourth-order valence-corrected chi connectivity index (χ4v) is 1.86. The van der Waals surface area contributed by atoms with Crippen molar-refractivity contribution >= 4 is 0 Å². The molecule has 1 aliphatic rings. The van der Waals surface area contributed by atoms with E-state index < -0.39 is 0 Å². The molecule has 0 amide bonds. The molecule has 0 aromatic rings. The van der Waals surface area contributed by atoms with Crippen LogP contribution >= 0.6 is 0 Å². The van der Waals surface area contributed by atoms with Crippen molar-refractivity contribution in [1.29, 1.82) is 0 Å². The molecule has 1 rings (SSSR count). The summed E-state index contributed by atoms with van der Waals surface area (Å²) in [7, 11) is 1.75. The van der Waals surface area contributed by atoms with Crippen LogP contribution in [0, 0.1) is 5.41 Å². The van der Waals surface area contributed by atoms with Crippen molar-refractivity contribution < 1.29 is 9.47 Å². The van der Waals surface area contributed by atoms with Gasteiger partial charge in [-0.25, -0.2) is 0 Å². The second-order valence-corrected chi connectivity index (χ2v) is 3.98. The summed E-state index contributed by atoms with van der Waals surface area (Å²) in [6.07, 6.45) is 4.74. The van der Waals surface area contributed by atoms with Gasteiger partial charge in [-0.3, -0.25) is 0 Å². The van der Waals surface area contributed by atoms with Gasteiger partial charge in [-0.2, -0.15) is 0 Å². The van der Waals surface area contributed by atoms with E-state index in [0.717, 1.165) is 39.2 Å². The van der Waals surface area contributed by atoms with Crippen LogP contribution in [0.25, 0.3) is 0 Å². The van der Waals surface area contributed by atoms with Crippen molar-refractivity contribution in [2.75, 3.05) is 33.5 Å². The lowest BCUT2D eigenvalue weighted by Gasteiger charge is -2.41. The average Bonchev–Trinajstić information content (AvgIpc) is 2.08. The Labute approximate surface area is 80.6 Å². The number of unbranched alkanes of at least 4 members (excludes halogenated alkanes) is 1. The van der Waals surface area contributed by atoms with Crippen molar-refractivity contribution in [2.45, 2.75) is 25.7 Å². The molecule has 1 fully saturated rings. The molecule has 13 heavy (non-hydrogen) atoms. The van der Waals surface area contributed by atoms with E-state index in [1.165, 1.54) is 12.8 Å². The fourth-order valence-electron chi connectivity index (χ4n) is 1.86. The maximum Gasteiger partial charge on any atom is 0.0545 e.